The largest absolute Gasteiger partial charge is 1.00 e. The van der Waals surface area contributed by atoms with Gasteiger partial charge in [0.05, 0.1) is 0 Å². The summed E-state index contributed by atoms with van der Waals surface area (Å²) in [5.74, 6) is 1.94. The van der Waals surface area contributed by atoms with Crippen LogP contribution in [0.4, 0.5) is 0 Å². The molecule has 1 aromatic heterocycles. The van der Waals surface area contributed by atoms with E-state index in [1.807, 2.05) is 23.1 Å². The normalized spacial score (nSPS) is 15.9. The van der Waals surface area contributed by atoms with E-state index >= 15 is 0 Å². The van der Waals surface area contributed by atoms with Gasteiger partial charge >= 0.3 is 5.91 Å². The average Bonchev–Trinajstić information content (AvgIpc) is 3.58. The molecule has 0 radical (unpaired) electrons. The van der Waals surface area contributed by atoms with Crippen LogP contribution in [0.15, 0.2) is 48.5 Å². The SMILES string of the molecule is CCCCC1=[NH+]C2(CCCC2)C(=O)N1Cc1ccc(-c2ccccc2-c2nn[nH]n2)cc1.O.O.[Br-]. The van der Waals surface area contributed by atoms with Gasteiger partial charge in [0.25, 0.3) is 5.84 Å². The van der Waals surface area contributed by atoms with Crippen molar-refractivity contribution in [3.8, 4) is 22.5 Å². The Labute approximate surface area is 215 Å². The lowest BCUT2D eigenvalue weighted by Gasteiger charge is -2.16. The fourth-order valence-electron chi connectivity index (χ4n) is 4.98. The van der Waals surface area contributed by atoms with Crippen LogP contribution in [0, 0.1) is 0 Å². The van der Waals surface area contributed by atoms with E-state index in [1.54, 1.807) is 0 Å². The molecule has 2 heterocycles. The summed E-state index contributed by atoms with van der Waals surface area (Å²) in [6, 6.07) is 16.5. The minimum absolute atomic E-state index is 0. The highest BCUT2D eigenvalue weighted by atomic mass is 79.9. The molecule has 35 heavy (non-hydrogen) atoms. The summed E-state index contributed by atoms with van der Waals surface area (Å²) in [7, 11) is 0. The molecule has 3 aromatic rings. The third kappa shape index (κ3) is 5.50. The minimum atomic E-state index is -0.355. The van der Waals surface area contributed by atoms with Crippen LogP contribution in [-0.2, 0) is 11.3 Å². The van der Waals surface area contributed by atoms with Gasteiger partial charge in [-0.2, -0.15) is 10.1 Å². The van der Waals surface area contributed by atoms with Crippen molar-refractivity contribution in [2.75, 3.05) is 0 Å². The van der Waals surface area contributed by atoms with Crippen molar-refractivity contribution >= 4 is 11.7 Å². The molecule has 2 aliphatic rings. The van der Waals surface area contributed by atoms with Crippen molar-refractivity contribution in [3.63, 3.8) is 0 Å². The highest BCUT2D eigenvalue weighted by Crippen LogP contribution is 2.32. The maximum Gasteiger partial charge on any atom is 0.357 e. The van der Waals surface area contributed by atoms with Crippen molar-refractivity contribution in [2.45, 2.75) is 64.0 Å². The Hall–Kier alpha value is -2.95. The number of amides is 1. The molecule has 0 unspecified atom stereocenters. The molecule has 1 saturated carbocycles. The van der Waals surface area contributed by atoms with Crippen LogP contribution in [-0.4, -0.2) is 53.8 Å². The molecule has 9 nitrogen and oxygen atoms in total. The molecule has 10 heteroatoms. The predicted molar refractivity (Wildman–Crippen MR) is 130 cm³/mol. The number of rotatable bonds is 7. The van der Waals surface area contributed by atoms with E-state index in [-0.39, 0.29) is 39.4 Å². The number of aromatic nitrogens is 4. The fraction of sp³-hybridized carbons (Fsp3) is 0.400. The number of aromatic amines is 1. The second-order valence-corrected chi connectivity index (χ2v) is 8.83. The van der Waals surface area contributed by atoms with Gasteiger partial charge in [-0.05, 0) is 41.2 Å². The van der Waals surface area contributed by atoms with E-state index in [2.05, 4.69) is 62.9 Å². The third-order valence-electron chi connectivity index (χ3n) is 6.71. The van der Waals surface area contributed by atoms with Crippen LogP contribution < -0.4 is 22.0 Å². The van der Waals surface area contributed by atoms with E-state index < -0.39 is 0 Å². The van der Waals surface area contributed by atoms with Crippen molar-refractivity contribution in [1.29, 1.82) is 0 Å². The second kappa shape index (κ2) is 12.1. The van der Waals surface area contributed by atoms with Gasteiger partial charge in [-0.15, -0.1) is 10.2 Å². The number of unbranched alkanes of at least 4 members (excludes halogenated alkanes) is 1. The van der Waals surface area contributed by atoms with E-state index in [4.69, 9.17) is 0 Å². The third-order valence-corrected chi connectivity index (χ3v) is 6.71. The summed E-state index contributed by atoms with van der Waals surface area (Å²) in [6.45, 7) is 2.80. The number of halogens is 1. The molecule has 1 aliphatic carbocycles. The maximum atomic E-state index is 13.4. The van der Waals surface area contributed by atoms with Gasteiger partial charge in [-0.3, -0.25) is 4.99 Å². The number of amidine groups is 1. The molecular weight excluding hydrogens is 512 g/mol. The van der Waals surface area contributed by atoms with Crippen molar-refractivity contribution < 1.29 is 37.7 Å². The number of carbonyl (C=O) groups is 1. The molecule has 0 bridgehead atoms. The van der Waals surface area contributed by atoms with Gasteiger partial charge in [0, 0.05) is 24.8 Å². The molecule has 188 valence electrons. The van der Waals surface area contributed by atoms with E-state index in [0.29, 0.717) is 12.4 Å². The molecule has 1 fully saturated rings. The Morgan fingerprint density at radius 3 is 2.34 bits per heavy atom. The Morgan fingerprint density at radius 2 is 1.71 bits per heavy atom. The summed E-state index contributed by atoms with van der Waals surface area (Å²) in [5.41, 5.74) is 3.85. The van der Waals surface area contributed by atoms with Gasteiger partial charge < -0.3 is 27.9 Å². The number of hydrogen-bond donors (Lipinski definition) is 2. The molecule has 1 aliphatic heterocycles. The quantitative estimate of drug-likeness (QED) is 0.360. The van der Waals surface area contributed by atoms with E-state index in [0.717, 1.165) is 73.0 Å². The zero-order valence-electron chi connectivity index (χ0n) is 19.9. The summed E-state index contributed by atoms with van der Waals surface area (Å²) in [6.07, 6.45) is 7.29. The van der Waals surface area contributed by atoms with Crippen LogP contribution in [0.1, 0.15) is 57.4 Å². The first kappa shape index (κ1) is 28.3. The summed E-state index contributed by atoms with van der Waals surface area (Å²) >= 11 is 0. The molecule has 2 aromatic carbocycles. The molecule has 1 spiro atoms. The minimum Gasteiger partial charge on any atom is -1.00 e. The molecular formula is C25H33BrN6O3. The zero-order chi connectivity index (χ0) is 22.0. The average molecular weight is 545 g/mol. The van der Waals surface area contributed by atoms with E-state index in [9.17, 15) is 4.79 Å². The summed E-state index contributed by atoms with van der Waals surface area (Å²) in [5, 5.41) is 14.5. The number of carbonyl (C=O) groups excluding carboxylic acids is 1. The monoisotopic (exact) mass is 544 g/mol. The van der Waals surface area contributed by atoms with Gasteiger partial charge in [-0.25, -0.2) is 4.79 Å². The first-order valence-electron chi connectivity index (χ1n) is 11.6. The number of hydrogen-bond acceptors (Lipinski definition) is 4. The second-order valence-electron chi connectivity index (χ2n) is 8.83. The van der Waals surface area contributed by atoms with Crippen LogP contribution in [0.25, 0.3) is 22.5 Å². The van der Waals surface area contributed by atoms with Gasteiger partial charge in [0.2, 0.25) is 11.4 Å². The van der Waals surface area contributed by atoms with Crippen LogP contribution in [0.5, 0.6) is 0 Å². The molecule has 0 atom stereocenters. The number of tetrazole rings is 1. The maximum absolute atomic E-state index is 13.4. The summed E-state index contributed by atoms with van der Waals surface area (Å²) < 4.78 is 0. The molecule has 1 amide bonds. The van der Waals surface area contributed by atoms with Gasteiger partial charge in [-0.1, -0.05) is 61.9 Å². The lowest BCUT2D eigenvalue weighted by molar-refractivity contribution is -0.528. The number of nitrogens with one attached hydrogen (secondary N) is 2. The Kier molecular flexibility index (Phi) is 9.82. The predicted octanol–water partition coefficient (Wildman–Crippen LogP) is -1.79. The fourth-order valence-corrected chi connectivity index (χ4v) is 4.98. The highest BCUT2D eigenvalue weighted by molar-refractivity contribution is 6.03. The van der Waals surface area contributed by atoms with Crippen LogP contribution >= 0.6 is 0 Å². The van der Waals surface area contributed by atoms with Crippen LogP contribution in [0.2, 0.25) is 0 Å². The number of nitrogens with zero attached hydrogens (tertiary/aromatic N) is 4. The standard InChI is InChI=1S/C25H28N6O.BrH.2H2O/c1-2-3-10-22-26-25(15-6-7-16-25)24(32)31(22)17-18-11-13-19(14-12-18)20-8-4-5-9-21(20)23-27-29-30-28-23;;;/h4-5,8-9,11-14H,2-3,6-7,10,15-17H2,1H3,(H,27,28,29,30);1H;2*1H2. The van der Waals surface area contributed by atoms with Crippen molar-refractivity contribution in [1.82, 2.24) is 25.5 Å². The number of H-pyrrole nitrogens is 1. The molecule has 0 saturated heterocycles. The Bertz CT molecular complexity index is 1130. The molecule has 6 N–H and O–H groups in total. The topological polar surface area (TPSA) is 152 Å². The lowest BCUT2D eigenvalue weighted by Crippen LogP contribution is -3.00. The Morgan fingerprint density at radius 1 is 1.03 bits per heavy atom. The van der Waals surface area contributed by atoms with Crippen molar-refractivity contribution in [2.24, 2.45) is 0 Å². The lowest BCUT2D eigenvalue weighted by atomic mass is 9.97. The van der Waals surface area contributed by atoms with Gasteiger partial charge in [0.15, 0.2) is 0 Å². The van der Waals surface area contributed by atoms with Crippen LogP contribution in [0.3, 0.4) is 0 Å². The van der Waals surface area contributed by atoms with Gasteiger partial charge in [0.1, 0.15) is 6.54 Å². The first-order chi connectivity index (χ1) is 15.7. The molecule has 5 rings (SSSR count). The first-order valence-corrected chi connectivity index (χ1v) is 11.6. The summed E-state index contributed by atoms with van der Waals surface area (Å²) in [4.78, 5) is 19.0. The van der Waals surface area contributed by atoms with E-state index in [1.165, 1.54) is 0 Å². The Balaban J connectivity index is 0.00000144. The highest BCUT2D eigenvalue weighted by Gasteiger charge is 2.55. The zero-order valence-corrected chi connectivity index (χ0v) is 21.4. The smallest absolute Gasteiger partial charge is 0.357 e. The number of benzene rings is 2. The van der Waals surface area contributed by atoms with Crippen molar-refractivity contribution in [3.05, 3.63) is 54.1 Å².